The highest BCUT2D eigenvalue weighted by atomic mass is 79.9. The number of rotatable bonds is 5. The second kappa shape index (κ2) is 6.91. The molecule has 0 atom stereocenters. The molecule has 4 nitrogen and oxygen atoms in total. The summed E-state index contributed by atoms with van der Waals surface area (Å²) in [6.07, 6.45) is 4.50. The molecule has 5 heteroatoms. The second-order valence-corrected chi connectivity index (χ2v) is 5.66. The maximum absolute atomic E-state index is 11.7. The largest absolute Gasteiger partial charge is 0.483 e. The lowest BCUT2D eigenvalue weighted by Gasteiger charge is -2.14. The topological polar surface area (TPSA) is 58.6 Å². The molecular formula is C14H18BrNO3. The van der Waals surface area contributed by atoms with E-state index < -0.39 is 0 Å². The summed E-state index contributed by atoms with van der Waals surface area (Å²) in [6.45, 7) is -0.121. The van der Waals surface area contributed by atoms with Crippen LogP contribution < -0.4 is 10.1 Å². The van der Waals surface area contributed by atoms with Gasteiger partial charge in [0.1, 0.15) is 5.75 Å². The van der Waals surface area contributed by atoms with Crippen molar-refractivity contribution in [1.29, 1.82) is 0 Å². The molecule has 0 unspecified atom stereocenters. The van der Waals surface area contributed by atoms with Crippen molar-refractivity contribution in [3.63, 3.8) is 0 Å². The maximum Gasteiger partial charge on any atom is 0.258 e. The summed E-state index contributed by atoms with van der Waals surface area (Å²) in [4.78, 5) is 11.7. The fourth-order valence-corrected chi connectivity index (χ4v) is 2.70. The van der Waals surface area contributed by atoms with Crippen LogP contribution in [-0.4, -0.2) is 23.7 Å². The van der Waals surface area contributed by atoms with Crippen LogP contribution in [0, 0.1) is 0 Å². The van der Waals surface area contributed by atoms with E-state index in [4.69, 9.17) is 4.74 Å². The summed E-state index contributed by atoms with van der Waals surface area (Å²) in [6, 6.07) is 5.66. The Morgan fingerprint density at radius 3 is 2.84 bits per heavy atom. The van der Waals surface area contributed by atoms with Crippen molar-refractivity contribution in [2.75, 3.05) is 6.61 Å². The number of amides is 1. The third-order valence-electron chi connectivity index (χ3n) is 3.27. The zero-order valence-electron chi connectivity index (χ0n) is 10.7. The van der Waals surface area contributed by atoms with Crippen LogP contribution in [0.2, 0.25) is 0 Å². The number of halogens is 1. The number of aliphatic hydroxyl groups excluding tert-OH is 1. The summed E-state index contributed by atoms with van der Waals surface area (Å²) in [5, 5.41) is 12.2. The Kier molecular flexibility index (Phi) is 5.22. The van der Waals surface area contributed by atoms with Crippen LogP contribution >= 0.6 is 15.9 Å². The van der Waals surface area contributed by atoms with E-state index in [0.29, 0.717) is 17.4 Å². The van der Waals surface area contributed by atoms with E-state index in [9.17, 15) is 9.90 Å². The molecule has 1 saturated carbocycles. The molecule has 0 spiro atoms. The minimum absolute atomic E-state index is 0.00880. The van der Waals surface area contributed by atoms with E-state index in [0.717, 1.165) is 17.3 Å². The van der Waals surface area contributed by atoms with Crippen molar-refractivity contribution in [1.82, 2.24) is 5.32 Å². The molecule has 1 fully saturated rings. The Morgan fingerprint density at radius 2 is 2.16 bits per heavy atom. The average Bonchev–Trinajstić information content (AvgIpc) is 2.90. The molecule has 0 heterocycles. The lowest BCUT2D eigenvalue weighted by atomic mass is 10.2. The van der Waals surface area contributed by atoms with Gasteiger partial charge in [0.25, 0.3) is 5.91 Å². The average molecular weight is 328 g/mol. The van der Waals surface area contributed by atoms with Crippen LogP contribution in [-0.2, 0) is 11.4 Å². The van der Waals surface area contributed by atoms with Gasteiger partial charge in [-0.15, -0.1) is 0 Å². The van der Waals surface area contributed by atoms with Crippen molar-refractivity contribution in [2.24, 2.45) is 0 Å². The molecule has 1 aliphatic carbocycles. The van der Waals surface area contributed by atoms with Gasteiger partial charge in [0, 0.05) is 16.1 Å². The molecule has 1 aromatic carbocycles. The lowest BCUT2D eigenvalue weighted by molar-refractivity contribution is -0.123. The van der Waals surface area contributed by atoms with Crippen LogP contribution in [0.5, 0.6) is 5.75 Å². The second-order valence-electron chi connectivity index (χ2n) is 4.75. The molecule has 1 amide bonds. The number of ether oxygens (including phenoxy) is 1. The van der Waals surface area contributed by atoms with E-state index in [1.54, 1.807) is 12.1 Å². The Bertz CT molecular complexity index is 444. The molecule has 1 aromatic rings. The summed E-state index contributed by atoms with van der Waals surface area (Å²) in [7, 11) is 0. The number of hydrogen-bond acceptors (Lipinski definition) is 3. The highest BCUT2D eigenvalue weighted by molar-refractivity contribution is 9.10. The lowest BCUT2D eigenvalue weighted by Crippen LogP contribution is -2.36. The third kappa shape index (κ3) is 4.21. The Balaban J connectivity index is 1.85. The SMILES string of the molecule is O=C(COc1ccc(Br)cc1CO)NC1CCCC1. The number of hydrogen-bond donors (Lipinski definition) is 2. The first-order chi connectivity index (χ1) is 9.19. The van der Waals surface area contributed by atoms with Gasteiger partial charge in [-0.1, -0.05) is 28.8 Å². The van der Waals surface area contributed by atoms with E-state index in [1.807, 2.05) is 6.07 Å². The Morgan fingerprint density at radius 1 is 1.42 bits per heavy atom. The highest BCUT2D eigenvalue weighted by Crippen LogP contribution is 2.23. The molecule has 0 bridgehead atoms. The van der Waals surface area contributed by atoms with Gasteiger partial charge in [-0.25, -0.2) is 0 Å². The normalized spacial score (nSPS) is 15.5. The van der Waals surface area contributed by atoms with Crippen LogP contribution in [0.4, 0.5) is 0 Å². The first kappa shape index (κ1) is 14.3. The number of nitrogens with one attached hydrogen (secondary N) is 1. The third-order valence-corrected chi connectivity index (χ3v) is 3.77. The van der Waals surface area contributed by atoms with Gasteiger partial charge in [-0.3, -0.25) is 4.79 Å². The first-order valence-corrected chi connectivity index (χ1v) is 7.30. The smallest absolute Gasteiger partial charge is 0.258 e. The molecule has 0 saturated heterocycles. The molecule has 0 aliphatic heterocycles. The molecule has 104 valence electrons. The van der Waals surface area contributed by atoms with Gasteiger partial charge in [-0.05, 0) is 31.0 Å². The summed E-state index contributed by atoms with van der Waals surface area (Å²) in [5.41, 5.74) is 0.669. The van der Waals surface area contributed by atoms with Crippen LogP contribution in [0.3, 0.4) is 0 Å². The van der Waals surface area contributed by atoms with E-state index in [1.165, 1.54) is 12.8 Å². The zero-order chi connectivity index (χ0) is 13.7. The van der Waals surface area contributed by atoms with E-state index in [2.05, 4.69) is 21.2 Å². The van der Waals surface area contributed by atoms with Crippen molar-refractivity contribution < 1.29 is 14.6 Å². The van der Waals surface area contributed by atoms with Crippen molar-refractivity contribution >= 4 is 21.8 Å². The van der Waals surface area contributed by atoms with Crippen LogP contribution in [0.25, 0.3) is 0 Å². The molecule has 1 aliphatic rings. The summed E-state index contributed by atoms with van der Waals surface area (Å²) >= 11 is 3.33. The molecule has 2 rings (SSSR count). The molecular weight excluding hydrogens is 310 g/mol. The highest BCUT2D eigenvalue weighted by Gasteiger charge is 2.17. The zero-order valence-corrected chi connectivity index (χ0v) is 12.3. The molecule has 19 heavy (non-hydrogen) atoms. The predicted molar refractivity (Wildman–Crippen MR) is 76.0 cm³/mol. The molecule has 0 radical (unpaired) electrons. The van der Waals surface area contributed by atoms with Crippen molar-refractivity contribution in [2.45, 2.75) is 38.3 Å². The number of aliphatic hydroxyl groups is 1. The summed E-state index contributed by atoms with van der Waals surface area (Å²) < 4.78 is 6.34. The van der Waals surface area contributed by atoms with E-state index in [-0.39, 0.29) is 19.1 Å². The van der Waals surface area contributed by atoms with E-state index >= 15 is 0 Å². The van der Waals surface area contributed by atoms with Gasteiger partial charge in [0.15, 0.2) is 6.61 Å². The molecule has 0 aromatic heterocycles. The van der Waals surface area contributed by atoms with Gasteiger partial charge >= 0.3 is 0 Å². The first-order valence-electron chi connectivity index (χ1n) is 6.50. The minimum atomic E-state index is -0.112. The Hall–Kier alpha value is -1.07. The van der Waals surface area contributed by atoms with Gasteiger partial charge < -0.3 is 15.2 Å². The quantitative estimate of drug-likeness (QED) is 0.872. The van der Waals surface area contributed by atoms with Crippen molar-refractivity contribution in [3.8, 4) is 5.75 Å². The molecule has 2 N–H and O–H groups in total. The predicted octanol–water partition coefficient (Wildman–Crippen LogP) is 2.38. The fraction of sp³-hybridized carbons (Fsp3) is 0.500. The number of carbonyl (C=O) groups is 1. The fourth-order valence-electron chi connectivity index (χ4n) is 2.30. The number of carbonyl (C=O) groups excluding carboxylic acids is 1. The van der Waals surface area contributed by atoms with Gasteiger partial charge in [-0.2, -0.15) is 0 Å². The Labute approximate surface area is 121 Å². The maximum atomic E-state index is 11.7. The van der Waals surface area contributed by atoms with Crippen LogP contribution in [0.1, 0.15) is 31.2 Å². The number of benzene rings is 1. The monoisotopic (exact) mass is 327 g/mol. The van der Waals surface area contributed by atoms with Crippen molar-refractivity contribution in [3.05, 3.63) is 28.2 Å². The standard InChI is InChI=1S/C14H18BrNO3/c15-11-5-6-13(10(7-11)8-17)19-9-14(18)16-12-3-1-2-4-12/h5-7,12,17H,1-4,8-9H2,(H,16,18). The minimum Gasteiger partial charge on any atom is -0.483 e. The van der Waals surface area contributed by atoms with Gasteiger partial charge in [0.2, 0.25) is 0 Å². The van der Waals surface area contributed by atoms with Crippen LogP contribution in [0.15, 0.2) is 22.7 Å². The summed E-state index contributed by atoms with van der Waals surface area (Å²) in [5.74, 6) is 0.450. The van der Waals surface area contributed by atoms with Gasteiger partial charge in [0.05, 0.1) is 6.61 Å².